The lowest BCUT2D eigenvalue weighted by Crippen LogP contribution is -2.29. The second-order valence-corrected chi connectivity index (χ2v) is 8.15. The fourth-order valence-electron chi connectivity index (χ4n) is 2.96. The van der Waals surface area contributed by atoms with Crippen LogP contribution in [0.15, 0.2) is 42.6 Å². The third kappa shape index (κ3) is 6.65. The van der Waals surface area contributed by atoms with Crippen LogP contribution in [0.3, 0.4) is 0 Å². The lowest BCUT2D eigenvalue weighted by molar-refractivity contribution is 0.0962. The first-order valence-corrected chi connectivity index (χ1v) is 10.4. The average Bonchev–Trinajstić information content (AvgIpc) is 3.12. The van der Waals surface area contributed by atoms with E-state index in [1.807, 2.05) is 24.3 Å². The summed E-state index contributed by atoms with van der Waals surface area (Å²) >= 11 is 7.10. The third-order valence-corrected chi connectivity index (χ3v) is 5.56. The quantitative estimate of drug-likeness (QED) is 0.670. The van der Waals surface area contributed by atoms with Gasteiger partial charge in [-0.25, -0.2) is 4.98 Å². The van der Waals surface area contributed by atoms with E-state index in [4.69, 9.17) is 16.3 Å². The Bertz CT molecular complexity index is 772. The van der Waals surface area contributed by atoms with Gasteiger partial charge in [0.25, 0.3) is 5.91 Å². The first-order chi connectivity index (χ1) is 13.2. The van der Waals surface area contributed by atoms with Crippen molar-refractivity contribution < 1.29 is 9.53 Å². The molecule has 1 N–H and O–H groups in total. The van der Waals surface area contributed by atoms with Crippen molar-refractivity contribution in [1.29, 1.82) is 0 Å². The number of piperidine rings is 1. The number of hydrogen-bond acceptors (Lipinski definition) is 5. The summed E-state index contributed by atoms with van der Waals surface area (Å²) in [7, 11) is 0. The minimum atomic E-state index is -0.121. The van der Waals surface area contributed by atoms with Gasteiger partial charge in [-0.2, -0.15) is 0 Å². The first-order valence-electron chi connectivity index (χ1n) is 9.19. The van der Waals surface area contributed by atoms with Crippen molar-refractivity contribution in [2.45, 2.75) is 25.8 Å². The van der Waals surface area contributed by atoms with Crippen LogP contribution in [-0.2, 0) is 6.54 Å². The summed E-state index contributed by atoms with van der Waals surface area (Å²) in [6.45, 7) is 4.16. The van der Waals surface area contributed by atoms with Crippen molar-refractivity contribution >= 4 is 28.8 Å². The summed E-state index contributed by atoms with van der Waals surface area (Å²) in [6.07, 6.45) is 9.45. The van der Waals surface area contributed by atoms with E-state index < -0.39 is 0 Å². The maximum Gasteiger partial charge on any atom is 0.261 e. The highest BCUT2D eigenvalue weighted by atomic mass is 35.5. The predicted octanol–water partition coefficient (Wildman–Crippen LogP) is 4.15. The molecule has 2 aromatic heterocycles. The van der Waals surface area contributed by atoms with Gasteiger partial charge in [0.1, 0.15) is 6.61 Å². The summed E-state index contributed by atoms with van der Waals surface area (Å²) in [4.78, 5) is 19.2. The second-order valence-electron chi connectivity index (χ2n) is 6.44. The van der Waals surface area contributed by atoms with Gasteiger partial charge in [0.2, 0.25) is 5.88 Å². The molecule has 144 valence electrons. The smallest absolute Gasteiger partial charge is 0.261 e. The van der Waals surface area contributed by atoms with E-state index in [9.17, 15) is 4.79 Å². The van der Waals surface area contributed by atoms with Crippen molar-refractivity contribution in [2.75, 3.05) is 26.2 Å². The number of ether oxygens (including phenoxy) is 1. The van der Waals surface area contributed by atoms with Gasteiger partial charge in [-0.15, -0.1) is 11.3 Å². The number of halogens is 1. The molecule has 0 atom stereocenters. The van der Waals surface area contributed by atoms with Crippen LogP contribution < -0.4 is 10.1 Å². The van der Waals surface area contributed by atoms with Crippen molar-refractivity contribution in [1.82, 2.24) is 15.2 Å². The van der Waals surface area contributed by atoms with E-state index in [0.717, 1.165) is 6.54 Å². The highest BCUT2D eigenvalue weighted by molar-refractivity contribution is 7.17. The number of carbonyl (C=O) groups excluding carboxylic acids is 1. The lowest BCUT2D eigenvalue weighted by atomic mass is 10.1. The minimum Gasteiger partial charge on any atom is -0.473 e. The first kappa shape index (κ1) is 19.9. The molecule has 1 aliphatic rings. The SMILES string of the molecule is O=C(NCC=CCOc1cc(CN2CCCCC2)ccn1)c1ccc(Cl)s1. The predicted molar refractivity (Wildman–Crippen MR) is 110 cm³/mol. The van der Waals surface area contributed by atoms with Crippen molar-refractivity contribution in [3.63, 3.8) is 0 Å². The molecule has 5 nitrogen and oxygen atoms in total. The number of amides is 1. The number of pyridine rings is 1. The molecule has 0 radical (unpaired) electrons. The Balaban J connectivity index is 1.37. The number of thiophene rings is 1. The number of nitrogens with one attached hydrogen (secondary N) is 1. The third-order valence-electron chi connectivity index (χ3n) is 4.33. The molecular weight excluding hydrogens is 382 g/mol. The summed E-state index contributed by atoms with van der Waals surface area (Å²) in [5.74, 6) is 0.510. The van der Waals surface area contributed by atoms with Crippen LogP contribution in [0, 0.1) is 0 Å². The van der Waals surface area contributed by atoms with E-state index in [-0.39, 0.29) is 5.91 Å². The molecule has 0 saturated carbocycles. The van der Waals surface area contributed by atoms with Crippen molar-refractivity contribution in [3.05, 3.63) is 57.4 Å². The van der Waals surface area contributed by atoms with Gasteiger partial charge in [0.15, 0.2) is 0 Å². The van der Waals surface area contributed by atoms with Gasteiger partial charge < -0.3 is 10.1 Å². The van der Waals surface area contributed by atoms with E-state index in [1.165, 1.54) is 49.3 Å². The Labute approximate surface area is 169 Å². The largest absolute Gasteiger partial charge is 0.473 e. The standard InChI is InChI=1S/C20H24ClN3O2S/c21-18-7-6-17(27-18)20(25)23-9-2-5-13-26-19-14-16(8-10-22-19)15-24-11-3-1-4-12-24/h2,5-8,10,14H,1,3-4,9,11-13,15H2,(H,23,25). The Morgan fingerprint density at radius 3 is 2.89 bits per heavy atom. The van der Waals surface area contributed by atoms with Crippen LogP contribution in [0.1, 0.15) is 34.5 Å². The zero-order valence-corrected chi connectivity index (χ0v) is 16.8. The molecule has 0 unspecified atom stereocenters. The maximum absolute atomic E-state index is 11.9. The van der Waals surface area contributed by atoms with Crippen LogP contribution in [-0.4, -0.2) is 42.0 Å². The van der Waals surface area contributed by atoms with Gasteiger partial charge in [-0.1, -0.05) is 24.1 Å². The number of nitrogens with zero attached hydrogens (tertiary/aromatic N) is 2. The molecular formula is C20H24ClN3O2S. The fraction of sp³-hybridized carbons (Fsp3) is 0.400. The number of likely N-dealkylation sites (tertiary alicyclic amines) is 1. The van der Waals surface area contributed by atoms with Crippen LogP contribution in [0.25, 0.3) is 0 Å². The van der Waals surface area contributed by atoms with E-state index in [1.54, 1.807) is 18.3 Å². The zero-order valence-electron chi connectivity index (χ0n) is 15.2. The van der Waals surface area contributed by atoms with Gasteiger partial charge in [0.05, 0.1) is 9.21 Å². The van der Waals surface area contributed by atoms with Crippen molar-refractivity contribution in [2.24, 2.45) is 0 Å². The zero-order chi connectivity index (χ0) is 18.9. The van der Waals surface area contributed by atoms with Crippen LogP contribution in [0.5, 0.6) is 5.88 Å². The molecule has 0 aliphatic carbocycles. The average molecular weight is 406 g/mol. The molecule has 1 saturated heterocycles. The van der Waals surface area contributed by atoms with Gasteiger partial charge in [-0.3, -0.25) is 9.69 Å². The highest BCUT2D eigenvalue weighted by Crippen LogP contribution is 2.21. The topological polar surface area (TPSA) is 54.5 Å². The minimum absolute atomic E-state index is 0.121. The fourth-order valence-corrected chi connectivity index (χ4v) is 3.92. The van der Waals surface area contributed by atoms with Crippen molar-refractivity contribution in [3.8, 4) is 5.88 Å². The summed E-state index contributed by atoms with van der Waals surface area (Å²) in [5.41, 5.74) is 1.23. The number of rotatable bonds is 8. The number of aromatic nitrogens is 1. The van der Waals surface area contributed by atoms with Gasteiger partial charge in [0, 0.05) is 25.4 Å². The molecule has 3 rings (SSSR count). The molecule has 0 spiro atoms. The molecule has 2 aromatic rings. The summed E-state index contributed by atoms with van der Waals surface area (Å²) in [6, 6.07) is 7.49. The monoisotopic (exact) mass is 405 g/mol. The molecule has 7 heteroatoms. The summed E-state index contributed by atoms with van der Waals surface area (Å²) < 4.78 is 6.30. The maximum atomic E-state index is 11.9. The molecule has 27 heavy (non-hydrogen) atoms. The van der Waals surface area contributed by atoms with Crippen LogP contribution >= 0.6 is 22.9 Å². The normalized spacial score (nSPS) is 15.1. The van der Waals surface area contributed by atoms with Gasteiger partial charge in [-0.05, 0) is 55.8 Å². The van der Waals surface area contributed by atoms with Gasteiger partial charge >= 0.3 is 0 Å². The Morgan fingerprint density at radius 2 is 2.11 bits per heavy atom. The molecule has 3 heterocycles. The highest BCUT2D eigenvalue weighted by Gasteiger charge is 2.11. The molecule has 0 aromatic carbocycles. The molecule has 1 aliphatic heterocycles. The Kier molecular flexibility index (Phi) is 7.68. The number of carbonyl (C=O) groups is 1. The molecule has 1 amide bonds. The van der Waals surface area contributed by atoms with E-state index in [2.05, 4.69) is 15.2 Å². The molecule has 0 bridgehead atoms. The number of hydrogen-bond donors (Lipinski definition) is 1. The lowest BCUT2D eigenvalue weighted by Gasteiger charge is -2.26. The van der Waals surface area contributed by atoms with E-state index >= 15 is 0 Å². The molecule has 1 fully saturated rings. The Morgan fingerprint density at radius 1 is 1.26 bits per heavy atom. The summed E-state index contributed by atoms with van der Waals surface area (Å²) in [5, 5.41) is 2.81. The Hall–Kier alpha value is -1.89. The second kappa shape index (κ2) is 10.4. The van der Waals surface area contributed by atoms with Crippen LogP contribution in [0.4, 0.5) is 0 Å². The van der Waals surface area contributed by atoms with Crippen LogP contribution in [0.2, 0.25) is 4.34 Å². The van der Waals surface area contributed by atoms with E-state index in [0.29, 0.717) is 28.2 Å².